The molecule has 0 radical (unpaired) electrons. The molecule has 0 aliphatic rings. The Bertz CT molecular complexity index is 578. The van der Waals surface area contributed by atoms with Crippen LogP contribution in [0.3, 0.4) is 0 Å². The van der Waals surface area contributed by atoms with Crippen molar-refractivity contribution in [2.24, 2.45) is 0 Å². The molecule has 0 saturated carbocycles. The average molecular weight is 315 g/mol. The van der Waals surface area contributed by atoms with Crippen LogP contribution in [0.5, 0.6) is 0 Å². The number of sulfonamides is 1. The quantitative estimate of drug-likeness (QED) is 0.756. The molecule has 0 amide bonds. The van der Waals surface area contributed by atoms with E-state index in [9.17, 15) is 13.2 Å². The van der Waals surface area contributed by atoms with E-state index in [1.165, 1.54) is 19.2 Å². The molecule has 1 aromatic carbocycles. The molecular weight excluding hydrogens is 294 g/mol. The van der Waals surface area contributed by atoms with Gasteiger partial charge in [-0.25, -0.2) is 13.1 Å². The van der Waals surface area contributed by atoms with Gasteiger partial charge < -0.3 is 9.84 Å². The lowest BCUT2D eigenvalue weighted by Gasteiger charge is -2.24. The van der Waals surface area contributed by atoms with Gasteiger partial charge in [0.05, 0.1) is 17.0 Å². The van der Waals surface area contributed by atoms with Crippen molar-refractivity contribution in [3.63, 3.8) is 0 Å². The molecule has 0 aliphatic carbocycles. The zero-order valence-corrected chi connectivity index (χ0v) is 13.2. The third-order valence-electron chi connectivity index (χ3n) is 2.78. The average Bonchev–Trinajstić information content (AvgIpc) is 2.35. The summed E-state index contributed by atoms with van der Waals surface area (Å²) in [6, 6.07) is 6.20. The Morgan fingerprint density at radius 3 is 2.33 bits per heavy atom. The lowest BCUT2D eigenvalue weighted by Crippen LogP contribution is -2.46. The van der Waals surface area contributed by atoms with Crippen molar-refractivity contribution < 1.29 is 23.1 Å². The second-order valence-electron chi connectivity index (χ2n) is 5.46. The molecule has 0 saturated heterocycles. The van der Waals surface area contributed by atoms with Crippen LogP contribution in [-0.4, -0.2) is 38.7 Å². The number of carboxylic acid groups (broad SMARTS) is 1. The Kier molecular flexibility index (Phi) is 5.88. The minimum Gasteiger partial charge on any atom is -0.481 e. The van der Waals surface area contributed by atoms with Gasteiger partial charge in [0.2, 0.25) is 10.0 Å². The van der Waals surface area contributed by atoms with Crippen LogP contribution in [0.2, 0.25) is 0 Å². The Morgan fingerprint density at radius 2 is 1.86 bits per heavy atom. The third kappa shape index (κ3) is 5.82. The third-order valence-corrected chi connectivity index (χ3v) is 4.49. The molecule has 21 heavy (non-hydrogen) atoms. The second-order valence-corrected chi connectivity index (χ2v) is 7.14. The Morgan fingerprint density at radius 1 is 1.29 bits per heavy atom. The number of hydrogen-bond acceptors (Lipinski definition) is 4. The van der Waals surface area contributed by atoms with Crippen LogP contribution < -0.4 is 4.72 Å². The van der Waals surface area contributed by atoms with Gasteiger partial charge in [-0.3, -0.25) is 4.79 Å². The topological polar surface area (TPSA) is 92.7 Å². The molecule has 0 heterocycles. The highest BCUT2D eigenvalue weighted by Crippen LogP contribution is 2.15. The summed E-state index contributed by atoms with van der Waals surface area (Å²) in [5, 5.41) is 8.62. The Balaban J connectivity index is 2.82. The van der Waals surface area contributed by atoms with E-state index in [1.807, 2.05) is 0 Å². The van der Waals surface area contributed by atoms with E-state index in [2.05, 4.69) is 4.72 Å². The number of ether oxygens (including phenoxy) is 1. The molecule has 1 rings (SSSR count). The Hall–Kier alpha value is -1.44. The SMILES string of the molecule is COCC(C)(C)NS(=O)(=O)c1ccc(CCC(=O)O)cc1. The molecule has 6 nitrogen and oxygen atoms in total. The maximum atomic E-state index is 12.2. The fourth-order valence-corrected chi connectivity index (χ4v) is 3.30. The first-order valence-electron chi connectivity index (χ1n) is 6.50. The highest BCUT2D eigenvalue weighted by Gasteiger charge is 2.26. The van der Waals surface area contributed by atoms with Gasteiger partial charge in [0.15, 0.2) is 0 Å². The van der Waals surface area contributed by atoms with Gasteiger partial charge in [-0.15, -0.1) is 0 Å². The van der Waals surface area contributed by atoms with Gasteiger partial charge in [0.25, 0.3) is 0 Å². The van der Waals surface area contributed by atoms with Crippen LogP contribution in [0.1, 0.15) is 25.8 Å². The monoisotopic (exact) mass is 315 g/mol. The zero-order chi connectivity index (χ0) is 16.1. The van der Waals surface area contributed by atoms with Crippen molar-refractivity contribution in [2.75, 3.05) is 13.7 Å². The number of methoxy groups -OCH3 is 1. The summed E-state index contributed by atoms with van der Waals surface area (Å²) in [6.07, 6.45) is 0.392. The highest BCUT2D eigenvalue weighted by atomic mass is 32.2. The largest absolute Gasteiger partial charge is 0.481 e. The van der Waals surface area contributed by atoms with Crippen molar-refractivity contribution in [1.29, 1.82) is 0 Å². The summed E-state index contributed by atoms with van der Waals surface area (Å²) in [5.41, 5.74) is 0.0720. The minimum atomic E-state index is -3.63. The molecule has 0 unspecified atom stereocenters. The van der Waals surface area contributed by atoms with E-state index in [1.54, 1.807) is 26.0 Å². The summed E-state index contributed by atoms with van der Waals surface area (Å²) in [7, 11) is -2.13. The number of aliphatic carboxylic acids is 1. The number of carbonyl (C=O) groups is 1. The molecule has 1 aromatic rings. The summed E-state index contributed by atoms with van der Waals surface area (Å²) >= 11 is 0. The molecule has 0 aliphatic heterocycles. The first kappa shape index (κ1) is 17.6. The van der Waals surface area contributed by atoms with Crippen LogP contribution in [0, 0.1) is 0 Å². The number of aryl methyl sites for hydroxylation is 1. The van der Waals surface area contributed by atoms with Crippen molar-refractivity contribution in [1.82, 2.24) is 4.72 Å². The van der Waals surface area contributed by atoms with Gasteiger partial charge >= 0.3 is 5.97 Å². The normalized spacial score (nSPS) is 12.3. The van der Waals surface area contributed by atoms with Crippen LogP contribution in [0.25, 0.3) is 0 Å². The summed E-state index contributed by atoms with van der Waals surface area (Å²) in [6.45, 7) is 3.72. The number of benzene rings is 1. The minimum absolute atomic E-state index is 0.0191. The van der Waals surface area contributed by atoms with Crippen LogP contribution in [-0.2, 0) is 26.0 Å². The van der Waals surface area contributed by atoms with Gasteiger partial charge in [-0.1, -0.05) is 12.1 Å². The van der Waals surface area contributed by atoms with Crippen molar-refractivity contribution in [2.45, 2.75) is 37.1 Å². The number of nitrogens with one attached hydrogen (secondary N) is 1. The number of carboxylic acids is 1. The van der Waals surface area contributed by atoms with Crippen LogP contribution in [0.4, 0.5) is 0 Å². The Labute approximate surface area is 125 Å². The van der Waals surface area contributed by atoms with Gasteiger partial charge in [-0.2, -0.15) is 0 Å². The summed E-state index contributed by atoms with van der Waals surface area (Å²) < 4.78 is 32.0. The smallest absolute Gasteiger partial charge is 0.303 e. The van der Waals surface area contributed by atoms with Crippen molar-refractivity contribution >= 4 is 16.0 Å². The van der Waals surface area contributed by atoms with E-state index in [-0.39, 0.29) is 17.9 Å². The lowest BCUT2D eigenvalue weighted by atomic mass is 10.1. The molecule has 118 valence electrons. The molecule has 0 bridgehead atoms. The first-order valence-corrected chi connectivity index (χ1v) is 7.98. The van der Waals surface area contributed by atoms with E-state index >= 15 is 0 Å². The molecule has 0 spiro atoms. The van der Waals surface area contributed by atoms with E-state index < -0.39 is 21.5 Å². The standard InChI is InChI=1S/C14H21NO5S/c1-14(2,10-20-3)15-21(18,19)12-7-4-11(5-8-12)6-9-13(16)17/h4-5,7-8,15H,6,9-10H2,1-3H3,(H,16,17). The van der Waals surface area contributed by atoms with E-state index in [0.29, 0.717) is 6.42 Å². The fraction of sp³-hybridized carbons (Fsp3) is 0.500. The lowest BCUT2D eigenvalue weighted by molar-refractivity contribution is -0.136. The zero-order valence-electron chi connectivity index (χ0n) is 12.4. The van der Waals surface area contributed by atoms with Gasteiger partial charge in [0, 0.05) is 13.5 Å². The van der Waals surface area contributed by atoms with Crippen molar-refractivity contribution in [3.05, 3.63) is 29.8 Å². The van der Waals surface area contributed by atoms with Crippen molar-refractivity contribution in [3.8, 4) is 0 Å². The van der Waals surface area contributed by atoms with Crippen LogP contribution >= 0.6 is 0 Å². The molecule has 0 fully saturated rings. The fourth-order valence-electron chi connectivity index (χ4n) is 1.90. The van der Waals surface area contributed by atoms with E-state index in [4.69, 9.17) is 9.84 Å². The maximum Gasteiger partial charge on any atom is 0.303 e. The molecule has 7 heteroatoms. The second kappa shape index (κ2) is 7.02. The summed E-state index contributed by atoms with van der Waals surface area (Å²) in [5.74, 6) is -0.880. The van der Waals surface area contributed by atoms with Crippen LogP contribution in [0.15, 0.2) is 29.2 Å². The van der Waals surface area contributed by atoms with E-state index in [0.717, 1.165) is 5.56 Å². The number of hydrogen-bond donors (Lipinski definition) is 2. The maximum absolute atomic E-state index is 12.2. The predicted molar refractivity (Wildman–Crippen MR) is 78.7 cm³/mol. The summed E-state index contributed by atoms with van der Waals surface area (Å²) in [4.78, 5) is 10.6. The molecular formula is C14H21NO5S. The first-order chi connectivity index (χ1) is 9.66. The number of rotatable bonds is 8. The molecule has 0 aromatic heterocycles. The predicted octanol–water partition coefficient (Wildman–Crippen LogP) is 1.41. The molecule has 2 N–H and O–H groups in total. The molecule has 0 atom stereocenters. The highest BCUT2D eigenvalue weighted by molar-refractivity contribution is 7.89. The van der Waals surface area contributed by atoms with Gasteiger partial charge in [-0.05, 0) is 38.0 Å². The van der Waals surface area contributed by atoms with Gasteiger partial charge in [0.1, 0.15) is 0 Å².